The predicted octanol–water partition coefficient (Wildman–Crippen LogP) is 4.86. The van der Waals surface area contributed by atoms with Crippen molar-refractivity contribution in [1.29, 1.82) is 0 Å². The van der Waals surface area contributed by atoms with E-state index < -0.39 is 22.5 Å². The van der Waals surface area contributed by atoms with E-state index in [0.29, 0.717) is 12.5 Å². The summed E-state index contributed by atoms with van der Waals surface area (Å²) in [5.41, 5.74) is -3.09. The molecule has 5 heteroatoms. The highest BCUT2D eigenvalue weighted by atomic mass is 16.6. The van der Waals surface area contributed by atoms with Crippen molar-refractivity contribution >= 4 is 6.09 Å². The zero-order chi connectivity index (χ0) is 20.1. The van der Waals surface area contributed by atoms with Crippen molar-refractivity contribution in [2.45, 2.75) is 115 Å². The first kappa shape index (κ1) is 20.9. The molecule has 3 fully saturated rings. The molecular weight excluding hydrogens is 342 g/mol. The lowest BCUT2D eigenvalue weighted by Crippen LogP contribution is -2.68. The van der Waals surface area contributed by atoms with Crippen molar-refractivity contribution in [2.24, 2.45) is 11.8 Å². The lowest BCUT2D eigenvalue weighted by atomic mass is 9.69. The highest BCUT2D eigenvalue weighted by molar-refractivity contribution is 5.71. The number of carbonyl (C=O) groups excluding carboxylic acids is 1. The van der Waals surface area contributed by atoms with Crippen LogP contribution < -0.4 is 0 Å². The number of aliphatic hydroxyl groups is 1. The Morgan fingerprint density at radius 1 is 1.11 bits per heavy atom. The van der Waals surface area contributed by atoms with E-state index in [1.165, 1.54) is 32.1 Å². The molecule has 3 rings (SSSR count). The number of ether oxygens (including phenoxy) is 2. The summed E-state index contributed by atoms with van der Waals surface area (Å²) in [4.78, 5) is 15.1. The van der Waals surface area contributed by atoms with Crippen LogP contribution in [0.1, 0.15) is 92.9 Å². The molecule has 0 unspecified atom stereocenters. The van der Waals surface area contributed by atoms with E-state index in [4.69, 9.17) is 9.47 Å². The van der Waals surface area contributed by atoms with E-state index in [0.717, 1.165) is 19.3 Å². The van der Waals surface area contributed by atoms with Gasteiger partial charge in [-0.1, -0.05) is 32.1 Å². The standard InChI is InChI=1S/C22H39NO4/c1-19(2,3)27-18(24)23-20(4,5)26-15-22(23,21(6,25)17-12-13-17)14-16-10-8-7-9-11-16/h16-17,25H,7-15H2,1-6H3/t21-,22-/m0/s1. The molecule has 2 atom stereocenters. The molecule has 5 nitrogen and oxygen atoms in total. The first-order chi connectivity index (χ1) is 12.4. The molecule has 0 spiro atoms. The van der Waals surface area contributed by atoms with Crippen molar-refractivity contribution in [3.8, 4) is 0 Å². The van der Waals surface area contributed by atoms with E-state index >= 15 is 0 Å². The summed E-state index contributed by atoms with van der Waals surface area (Å²) in [6.45, 7) is 11.8. The molecule has 0 aromatic rings. The fourth-order valence-corrected chi connectivity index (χ4v) is 5.27. The van der Waals surface area contributed by atoms with Gasteiger partial charge in [0.25, 0.3) is 0 Å². The van der Waals surface area contributed by atoms with Gasteiger partial charge in [-0.25, -0.2) is 4.79 Å². The zero-order valence-electron chi connectivity index (χ0n) is 18.1. The lowest BCUT2D eigenvalue weighted by Gasteiger charge is -2.51. The van der Waals surface area contributed by atoms with Crippen LogP contribution in [0, 0.1) is 11.8 Å². The van der Waals surface area contributed by atoms with Crippen LogP contribution in [0.2, 0.25) is 0 Å². The zero-order valence-corrected chi connectivity index (χ0v) is 18.1. The second kappa shape index (κ2) is 6.91. The van der Waals surface area contributed by atoms with Gasteiger partial charge >= 0.3 is 6.09 Å². The molecular formula is C22H39NO4. The Hall–Kier alpha value is -0.810. The molecule has 156 valence electrons. The minimum Gasteiger partial charge on any atom is -0.444 e. The fourth-order valence-electron chi connectivity index (χ4n) is 5.27. The summed E-state index contributed by atoms with van der Waals surface area (Å²) < 4.78 is 12.0. The highest BCUT2D eigenvalue weighted by Crippen LogP contribution is 2.55. The van der Waals surface area contributed by atoms with Crippen LogP contribution in [0.3, 0.4) is 0 Å². The second-order valence-electron chi connectivity index (χ2n) is 10.7. The molecule has 27 heavy (non-hydrogen) atoms. The van der Waals surface area contributed by atoms with E-state index in [1.54, 1.807) is 4.90 Å². The molecule has 1 amide bonds. The van der Waals surface area contributed by atoms with Crippen molar-refractivity contribution in [1.82, 2.24) is 4.90 Å². The highest BCUT2D eigenvalue weighted by Gasteiger charge is 2.66. The Balaban J connectivity index is 1.99. The molecule has 2 saturated carbocycles. The monoisotopic (exact) mass is 381 g/mol. The molecule has 1 saturated heterocycles. The smallest absolute Gasteiger partial charge is 0.413 e. The summed E-state index contributed by atoms with van der Waals surface area (Å²) in [7, 11) is 0. The normalized spacial score (nSPS) is 31.6. The summed E-state index contributed by atoms with van der Waals surface area (Å²) in [6, 6.07) is 0. The number of nitrogens with zero attached hydrogens (tertiary/aromatic N) is 1. The Morgan fingerprint density at radius 3 is 2.22 bits per heavy atom. The number of rotatable bonds is 4. The van der Waals surface area contributed by atoms with Crippen molar-refractivity contribution in [3.05, 3.63) is 0 Å². The van der Waals surface area contributed by atoms with Crippen molar-refractivity contribution in [3.63, 3.8) is 0 Å². The number of hydrogen-bond acceptors (Lipinski definition) is 4. The van der Waals surface area contributed by atoms with Gasteiger partial charge in [0.2, 0.25) is 0 Å². The van der Waals surface area contributed by atoms with Crippen LogP contribution in [-0.2, 0) is 9.47 Å². The fraction of sp³-hybridized carbons (Fsp3) is 0.955. The molecule has 1 N–H and O–H groups in total. The molecule has 1 aliphatic heterocycles. The first-order valence-corrected chi connectivity index (χ1v) is 10.8. The third-order valence-corrected chi connectivity index (χ3v) is 6.87. The van der Waals surface area contributed by atoms with Gasteiger partial charge in [0.15, 0.2) is 0 Å². The summed E-state index contributed by atoms with van der Waals surface area (Å²) in [5.74, 6) is 0.745. The third kappa shape index (κ3) is 4.00. The molecule has 3 aliphatic rings. The van der Waals surface area contributed by atoms with Gasteiger partial charge in [-0.3, -0.25) is 4.90 Å². The van der Waals surface area contributed by atoms with Crippen LogP contribution in [-0.4, -0.2) is 45.2 Å². The largest absolute Gasteiger partial charge is 0.444 e. The van der Waals surface area contributed by atoms with Gasteiger partial charge in [0.05, 0.1) is 12.2 Å². The Morgan fingerprint density at radius 2 is 1.70 bits per heavy atom. The topological polar surface area (TPSA) is 59.0 Å². The van der Waals surface area contributed by atoms with E-state index in [2.05, 4.69) is 0 Å². The number of hydrogen-bond donors (Lipinski definition) is 1. The van der Waals surface area contributed by atoms with E-state index in [9.17, 15) is 9.90 Å². The maximum Gasteiger partial charge on any atom is 0.413 e. The van der Waals surface area contributed by atoms with Crippen LogP contribution in [0.15, 0.2) is 0 Å². The van der Waals surface area contributed by atoms with Crippen LogP contribution >= 0.6 is 0 Å². The minimum absolute atomic E-state index is 0.225. The van der Waals surface area contributed by atoms with Crippen molar-refractivity contribution < 1.29 is 19.4 Å². The summed E-state index contributed by atoms with van der Waals surface area (Å²) in [5, 5.41) is 11.8. The number of amides is 1. The molecule has 1 heterocycles. The predicted molar refractivity (Wildman–Crippen MR) is 105 cm³/mol. The van der Waals surface area contributed by atoms with Gasteiger partial charge in [0, 0.05) is 0 Å². The maximum absolute atomic E-state index is 13.3. The van der Waals surface area contributed by atoms with Crippen LogP contribution in [0.5, 0.6) is 0 Å². The first-order valence-electron chi connectivity index (χ1n) is 10.8. The summed E-state index contributed by atoms with van der Waals surface area (Å²) >= 11 is 0. The number of carbonyl (C=O) groups is 1. The second-order valence-corrected chi connectivity index (χ2v) is 10.7. The molecule has 0 radical (unpaired) electrons. The van der Waals surface area contributed by atoms with E-state index in [1.807, 2.05) is 41.5 Å². The average molecular weight is 382 g/mol. The van der Waals surface area contributed by atoms with Gasteiger partial charge in [-0.05, 0) is 72.6 Å². The SMILES string of the molecule is CC(C)(C)OC(=O)N1C(C)(C)OC[C@@]1(CC1CCCCC1)[C@@](C)(O)C1CC1. The Kier molecular flexibility index (Phi) is 5.35. The average Bonchev–Trinajstić information content (AvgIpc) is 3.33. The molecule has 0 bridgehead atoms. The lowest BCUT2D eigenvalue weighted by molar-refractivity contribution is -0.127. The molecule has 2 aliphatic carbocycles. The third-order valence-electron chi connectivity index (χ3n) is 6.87. The quantitative estimate of drug-likeness (QED) is 0.755. The van der Waals surface area contributed by atoms with Gasteiger partial charge < -0.3 is 14.6 Å². The Bertz CT molecular complexity index is 555. The van der Waals surface area contributed by atoms with E-state index in [-0.39, 0.29) is 12.0 Å². The van der Waals surface area contributed by atoms with Gasteiger partial charge in [-0.15, -0.1) is 0 Å². The van der Waals surface area contributed by atoms with Crippen molar-refractivity contribution in [2.75, 3.05) is 6.61 Å². The van der Waals surface area contributed by atoms with Gasteiger partial charge in [-0.2, -0.15) is 0 Å². The van der Waals surface area contributed by atoms with Crippen LogP contribution in [0.25, 0.3) is 0 Å². The molecule has 0 aromatic carbocycles. The van der Waals surface area contributed by atoms with Crippen LogP contribution in [0.4, 0.5) is 4.79 Å². The molecule has 0 aromatic heterocycles. The Labute approximate surface area is 164 Å². The van der Waals surface area contributed by atoms with Gasteiger partial charge in [0.1, 0.15) is 16.9 Å². The maximum atomic E-state index is 13.3. The summed E-state index contributed by atoms with van der Waals surface area (Å²) in [6.07, 6.45) is 8.56. The minimum atomic E-state index is -0.977.